The predicted octanol–water partition coefficient (Wildman–Crippen LogP) is 3.03. The Hall–Kier alpha value is -2.60. The maximum atomic E-state index is 12.4. The fourth-order valence-electron chi connectivity index (χ4n) is 1.93. The fraction of sp³-hybridized carbons (Fsp3) is 0. The molecule has 1 saturated heterocycles. The number of aromatic hydroxyl groups is 1. The third-order valence-corrected chi connectivity index (χ3v) is 3.76. The molecule has 3 rings (SSSR count). The van der Waals surface area contributed by atoms with E-state index in [0.29, 0.717) is 10.6 Å². The first-order chi connectivity index (χ1) is 10.1. The van der Waals surface area contributed by atoms with Gasteiger partial charge in [-0.15, -0.1) is 0 Å². The lowest BCUT2D eigenvalue weighted by Crippen LogP contribution is -2.27. The molecule has 0 atom stereocenters. The summed E-state index contributed by atoms with van der Waals surface area (Å²) in [6, 6.07) is 9.55. The van der Waals surface area contributed by atoms with Gasteiger partial charge in [-0.2, -0.15) is 0 Å². The van der Waals surface area contributed by atoms with Crippen molar-refractivity contribution in [3.63, 3.8) is 0 Å². The average Bonchev–Trinajstić information content (AvgIpc) is 2.74. The second-order valence-electron chi connectivity index (χ2n) is 4.32. The number of hydrogen-bond acceptors (Lipinski definition) is 5. The van der Waals surface area contributed by atoms with Crippen molar-refractivity contribution in [2.75, 3.05) is 4.90 Å². The molecule has 0 saturated carbocycles. The van der Waals surface area contributed by atoms with Crippen LogP contribution in [0.4, 0.5) is 10.5 Å². The van der Waals surface area contributed by atoms with Crippen molar-refractivity contribution in [3.8, 4) is 5.75 Å². The zero-order valence-corrected chi connectivity index (χ0v) is 11.6. The molecule has 0 unspecified atom stereocenters. The van der Waals surface area contributed by atoms with Gasteiger partial charge in [0.2, 0.25) is 0 Å². The van der Waals surface area contributed by atoms with Crippen molar-refractivity contribution < 1.29 is 14.7 Å². The number of phenolic OH excluding ortho intramolecular Hbond substituents is 1. The van der Waals surface area contributed by atoms with E-state index in [-0.39, 0.29) is 11.0 Å². The highest BCUT2D eigenvalue weighted by Gasteiger charge is 2.36. The highest BCUT2D eigenvalue weighted by atomic mass is 32.2. The van der Waals surface area contributed by atoms with Crippen LogP contribution in [0.1, 0.15) is 5.56 Å². The average molecular weight is 298 g/mol. The molecule has 1 aromatic carbocycles. The third kappa shape index (κ3) is 2.66. The molecule has 104 valence electrons. The topological polar surface area (TPSA) is 70.5 Å². The van der Waals surface area contributed by atoms with E-state index in [1.165, 1.54) is 12.1 Å². The number of aromatic nitrogens is 1. The van der Waals surface area contributed by atoms with Crippen LogP contribution in [0.15, 0.2) is 53.7 Å². The zero-order valence-electron chi connectivity index (χ0n) is 10.8. The van der Waals surface area contributed by atoms with Gasteiger partial charge < -0.3 is 5.11 Å². The summed E-state index contributed by atoms with van der Waals surface area (Å²) in [4.78, 5) is 29.7. The molecule has 0 radical (unpaired) electrons. The Morgan fingerprint density at radius 3 is 2.62 bits per heavy atom. The third-order valence-electron chi connectivity index (χ3n) is 2.89. The van der Waals surface area contributed by atoms with E-state index in [9.17, 15) is 14.7 Å². The number of rotatable bonds is 2. The minimum atomic E-state index is -0.396. The van der Waals surface area contributed by atoms with E-state index in [4.69, 9.17) is 0 Å². The SMILES string of the molecule is O=C1S/C(=C\c2ccncc2)C(=O)N1c1cccc(O)c1. The van der Waals surface area contributed by atoms with Gasteiger partial charge in [-0.1, -0.05) is 6.07 Å². The minimum Gasteiger partial charge on any atom is -0.508 e. The monoisotopic (exact) mass is 298 g/mol. The molecule has 1 N–H and O–H groups in total. The number of phenols is 1. The number of pyridine rings is 1. The fourth-order valence-corrected chi connectivity index (χ4v) is 2.77. The highest BCUT2D eigenvalue weighted by Crippen LogP contribution is 2.36. The molecule has 1 fully saturated rings. The number of benzene rings is 1. The summed E-state index contributed by atoms with van der Waals surface area (Å²) in [5.41, 5.74) is 1.15. The smallest absolute Gasteiger partial charge is 0.298 e. The quantitative estimate of drug-likeness (QED) is 0.863. The molecule has 2 amide bonds. The molecule has 0 aliphatic carbocycles. The van der Waals surface area contributed by atoms with Gasteiger partial charge >= 0.3 is 0 Å². The second-order valence-corrected chi connectivity index (χ2v) is 5.31. The summed E-state index contributed by atoms with van der Waals surface area (Å²) in [5.74, 6) is -0.392. The molecule has 0 bridgehead atoms. The highest BCUT2D eigenvalue weighted by molar-refractivity contribution is 8.19. The maximum absolute atomic E-state index is 12.4. The van der Waals surface area contributed by atoms with Crippen LogP contribution < -0.4 is 4.90 Å². The number of nitrogens with zero attached hydrogens (tertiary/aromatic N) is 2. The van der Waals surface area contributed by atoms with Gasteiger partial charge in [0.1, 0.15) is 5.75 Å². The molecule has 1 aliphatic heterocycles. The van der Waals surface area contributed by atoms with Crippen LogP contribution in [-0.4, -0.2) is 21.2 Å². The van der Waals surface area contributed by atoms with Gasteiger partial charge in [-0.05, 0) is 47.7 Å². The lowest BCUT2D eigenvalue weighted by Gasteiger charge is -2.12. The van der Waals surface area contributed by atoms with Crippen LogP contribution >= 0.6 is 11.8 Å². The molecule has 1 aliphatic rings. The first-order valence-electron chi connectivity index (χ1n) is 6.12. The maximum Gasteiger partial charge on any atom is 0.298 e. The Kier molecular flexibility index (Phi) is 3.45. The van der Waals surface area contributed by atoms with Gasteiger partial charge in [-0.25, -0.2) is 4.90 Å². The van der Waals surface area contributed by atoms with Crippen molar-refractivity contribution in [3.05, 3.63) is 59.3 Å². The van der Waals surface area contributed by atoms with Crippen LogP contribution in [-0.2, 0) is 4.79 Å². The number of amides is 2. The summed E-state index contributed by atoms with van der Waals surface area (Å²) < 4.78 is 0. The number of carbonyl (C=O) groups is 2. The molecule has 6 heteroatoms. The number of carbonyl (C=O) groups excluding carboxylic acids is 2. The summed E-state index contributed by atoms with van der Waals surface area (Å²) in [5, 5.41) is 9.09. The zero-order chi connectivity index (χ0) is 14.8. The Balaban J connectivity index is 1.94. The second kappa shape index (κ2) is 5.41. The van der Waals surface area contributed by atoms with Crippen molar-refractivity contribution >= 4 is 34.7 Å². The summed E-state index contributed by atoms with van der Waals surface area (Å²) in [6.07, 6.45) is 4.88. The molecular formula is C15H10N2O3S. The molecule has 1 aromatic heterocycles. The number of thioether (sulfide) groups is 1. The molecule has 2 heterocycles. The summed E-state index contributed by atoms with van der Waals surface area (Å²) in [6.45, 7) is 0. The Bertz CT molecular complexity index is 744. The standard InChI is InChI=1S/C15H10N2O3S/c18-12-3-1-2-11(9-12)17-14(19)13(21-15(17)20)8-10-4-6-16-7-5-10/h1-9,18H/b13-8-. The normalized spacial score (nSPS) is 16.8. The number of imide groups is 1. The molecule has 5 nitrogen and oxygen atoms in total. The van der Waals surface area contributed by atoms with Crippen molar-refractivity contribution in [2.24, 2.45) is 0 Å². The predicted molar refractivity (Wildman–Crippen MR) is 80.8 cm³/mol. The molecular weight excluding hydrogens is 288 g/mol. The van der Waals surface area contributed by atoms with Crippen LogP contribution in [0.25, 0.3) is 6.08 Å². The molecule has 21 heavy (non-hydrogen) atoms. The lowest BCUT2D eigenvalue weighted by atomic mass is 10.2. The van der Waals surface area contributed by atoms with E-state index in [0.717, 1.165) is 22.2 Å². The van der Waals surface area contributed by atoms with E-state index in [2.05, 4.69) is 4.98 Å². The van der Waals surface area contributed by atoms with Crippen LogP contribution in [0.3, 0.4) is 0 Å². The number of hydrogen-bond donors (Lipinski definition) is 1. The Labute approximate surface area is 124 Å². The Morgan fingerprint density at radius 1 is 1.14 bits per heavy atom. The Morgan fingerprint density at radius 2 is 1.90 bits per heavy atom. The van der Waals surface area contributed by atoms with Crippen LogP contribution in [0, 0.1) is 0 Å². The van der Waals surface area contributed by atoms with Crippen LogP contribution in [0.5, 0.6) is 5.75 Å². The van der Waals surface area contributed by atoms with E-state index >= 15 is 0 Å². The first kappa shape index (κ1) is 13.4. The van der Waals surface area contributed by atoms with Gasteiger partial charge in [0.05, 0.1) is 10.6 Å². The van der Waals surface area contributed by atoms with Gasteiger partial charge in [0, 0.05) is 18.5 Å². The molecule has 2 aromatic rings. The first-order valence-corrected chi connectivity index (χ1v) is 6.94. The van der Waals surface area contributed by atoms with Crippen molar-refractivity contribution in [2.45, 2.75) is 0 Å². The van der Waals surface area contributed by atoms with Crippen LogP contribution in [0.2, 0.25) is 0 Å². The van der Waals surface area contributed by atoms with Gasteiger partial charge in [0.15, 0.2) is 0 Å². The van der Waals surface area contributed by atoms with E-state index in [1.807, 2.05) is 0 Å². The van der Waals surface area contributed by atoms with Crippen molar-refractivity contribution in [1.82, 2.24) is 4.98 Å². The molecule has 0 spiro atoms. The van der Waals surface area contributed by atoms with Crippen molar-refractivity contribution in [1.29, 1.82) is 0 Å². The van der Waals surface area contributed by atoms with E-state index in [1.54, 1.807) is 42.7 Å². The minimum absolute atomic E-state index is 0.00432. The summed E-state index contributed by atoms with van der Waals surface area (Å²) in [7, 11) is 0. The van der Waals surface area contributed by atoms with Gasteiger partial charge in [-0.3, -0.25) is 14.6 Å². The van der Waals surface area contributed by atoms with Gasteiger partial charge in [0.25, 0.3) is 11.1 Å². The number of anilines is 1. The summed E-state index contributed by atoms with van der Waals surface area (Å²) >= 11 is 0.874. The lowest BCUT2D eigenvalue weighted by molar-refractivity contribution is -0.113. The van der Waals surface area contributed by atoms with E-state index < -0.39 is 5.91 Å². The largest absolute Gasteiger partial charge is 0.508 e.